The summed E-state index contributed by atoms with van der Waals surface area (Å²) in [6.07, 6.45) is 0. The number of thiophene rings is 1. The van der Waals surface area contributed by atoms with Gasteiger partial charge in [0.1, 0.15) is 11.2 Å². The molecule has 230 valence electrons. The monoisotopic (exact) mass is 643 g/mol. The van der Waals surface area contributed by atoms with Gasteiger partial charge >= 0.3 is 0 Å². The Hall–Kier alpha value is -6.16. The van der Waals surface area contributed by atoms with Crippen LogP contribution in [0.25, 0.3) is 75.1 Å². The van der Waals surface area contributed by atoms with Gasteiger partial charge in [0.05, 0.1) is 0 Å². The molecule has 0 fully saturated rings. The third kappa shape index (κ3) is 4.62. The minimum atomic E-state index is 0.877. The lowest BCUT2D eigenvalue weighted by atomic mass is 9.97. The Kier molecular flexibility index (Phi) is 6.39. The van der Waals surface area contributed by atoms with Crippen LogP contribution in [0.5, 0.6) is 0 Å². The van der Waals surface area contributed by atoms with Crippen molar-refractivity contribution in [2.45, 2.75) is 0 Å². The molecule has 0 radical (unpaired) electrons. The fraction of sp³-hybridized carbons (Fsp3) is 0. The zero-order chi connectivity index (χ0) is 32.3. The van der Waals surface area contributed by atoms with E-state index in [4.69, 9.17) is 4.42 Å². The molecule has 10 aromatic rings. The maximum Gasteiger partial charge on any atom is 0.137 e. The summed E-state index contributed by atoms with van der Waals surface area (Å²) in [7, 11) is 0. The van der Waals surface area contributed by atoms with E-state index in [9.17, 15) is 0 Å². The van der Waals surface area contributed by atoms with E-state index in [0.717, 1.165) is 39.0 Å². The minimum absolute atomic E-state index is 0.877. The molecule has 2 heterocycles. The third-order valence-corrected chi connectivity index (χ3v) is 10.8. The van der Waals surface area contributed by atoms with E-state index in [2.05, 4.69) is 169 Å². The summed E-state index contributed by atoms with van der Waals surface area (Å²) in [6, 6.07) is 63.2. The van der Waals surface area contributed by atoms with E-state index < -0.39 is 0 Å². The summed E-state index contributed by atoms with van der Waals surface area (Å²) in [6.45, 7) is 0. The second-order valence-electron chi connectivity index (χ2n) is 12.5. The van der Waals surface area contributed by atoms with Crippen molar-refractivity contribution < 1.29 is 4.42 Å². The van der Waals surface area contributed by atoms with Crippen LogP contribution in [0.2, 0.25) is 0 Å². The summed E-state index contributed by atoms with van der Waals surface area (Å²) in [4.78, 5) is 2.34. The van der Waals surface area contributed by atoms with E-state index in [0.29, 0.717) is 0 Å². The van der Waals surface area contributed by atoms with Crippen molar-refractivity contribution >= 4 is 81.3 Å². The summed E-state index contributed by atoms with van der Waals surface area (Å²) >= 11 is 1.86. The maximum absolute atomic E-state index is 6.38. The molecule has 0 atom stereocenters. The van der Waals surface area contributed by atoms with Crippen LogP contribution in [0.3, 0.4) is 0 Å². The zero-order valence-electron chi connectivity index (χ0n) is 26.5. The first-order chi connectivity index (χ1) is 24.3. The van der Waals surface area contributed by atoms with Crippen molar-refractivity contribution in [3.63, 3.8) is 0 Å². The minimum Gasteiger partial charge on any atom is -0.456 e. The molecule has 8 aromatic carbocycles. The second kappa shape index (κ2) is 11.2. The van der Waals surface area contributed by atoms with Crippen LogP contribution >= 0.6 is 11.3 Å². The predicted molar refractivity (Wildman–Crippen MR) is 210 cm³/mol. The lowest BCUT2D eigenvalue weighted by Crippen LogP contribution is -2.10. The summed E-state index contributed by atoms with van der Waals surface area (Å²) in [5.74, 6) is 0. The maximum atomic E-state index is 6.38. The lowest BCUT2D eigenvalue weighted by molar-refractivity contribution is 0.669. The molecule has 0 amide bonds. The van der Waals surface area contributed by atoms with Crippen LogP contribution in [0.4, 0.5) is 17.1 Å². The van der Waals surface area contributed by atoms with Gasteiger partial charge in [-0.1, -0.05) is 115 Å². The van der Waals surface area contributed by atoms with Crippen molar-refractivity contribution in [2.75, 3.05) is 4.90 Å². The zero-order valence-corrected chi connectivity index (χ0v) is 27.3. The number of anilines is 3. The highest BCUT2D eigenvalue weighted by Gasteiger charge is 2.18. The lowest BCUT2D eigenvalue weighted by Gasteiger charge is -2.26. The predicted octanol–water partition coefficient (Wildman–Crippen LogP) is 13.9. The molecule has 0 N–H and O–H groups in total. The number of rotatable bonds is 5. The molecule has 10 rings (SSSR count). The summed E-state index contributed by atoms with van der Waals surface area (Å²) in [5, 5.41) is 7.38. The molecule has 0 aliphatic rings. The van der Waals surface area contributed by atoms with Crippen molar-refractivity contribution in [3.05, 3.63) is 176 Å². The van der Waals surface area contributed by atoms with E-state index in [-0.39, 0.29) is 0 Å². The third-order valence-electron chi connectivity index (χ3n) is 9.66. The van der Waals surface area contributed by atoms with Gasteiger partial charge in [0.2, 0.25) is 0 Å². The van der Waals surface area contributed by atoms with Crippen LogP contribution in [0.15, 0.2) is 180 Å². The molecule has 2 nitrogen and oxygen atoms in total. The number of hydrogen-bond donors (Lipinski definition) is 0. The van der Waals surface area contributed by atoms with Crippen molar-refractivity contribution in [1.29, 1.82) is 0 Å². The molecule has 0 spiro atoms. The molecule has 0 unspecified atom stereocenters. The van der Waals surface area contributed by atoms with E-state index in [1.54, 1.807) is 0 Å². The average Bonchev–Trinajstić information content (AvgIpc) is 3.73. The van der Waals surface area contributed by atoms with Crippen molar-refractivity contribution in [3.8, 4) is 22.3 Å². The van der Waals surface area contributed by atoms with Gasteiger partial charge in [0.25, 0.3) is 0 Å². The highest BCUT2D eigenvalue weighted by atomic mass is 32.1. The largest absolute Gasteiger partial charge is 0.456 e. The molecule has 49 heavy (non-hydrogen) atoms. The van der Waals surface area contributed by atoms with Gasteiger partial charge in [-0.25, -0.2) is 0 Å². The van der Waals surface area contributed by atoms with Crippen LogP contribution in [-0.2, 0) is 0 Å². The smallest absolute Gasteiger partial charge is 0.137 e. The molecular weight excluding hydrogens is 615 g/mol. The number of hydrogen-bond acceptors (Lipinski definition) is 3. The molecule has 0 bridgehead atoms. The Morgan fingerprint density at radius 2 is 1.04 bits per heavy atom. The van der Waals surface area contributed by atoms with Gasteiger partial charge in [0, 0.05) is 54.1 Å². The van der Waals surface area contributed by atoms with Crippen LogP contribution in [-0.4, -0.2) is 0 Å². The summed E-state index contributed by atoms with van der Waals surface area (Å²) in [5.41, 5.74) is 9.85. The molecule has 2 aromatic heterocycles. The first-order valence-electron chi connectivity index (χ1n) is 16.6. The normalized spacial score (nSPS) is 11.7. The van der Waals surface area contributed by atoms with Gasteiger partial charge in [-0.05, 0) is 87.6 Å². The summed E-state index contributed by atoms with van der Waals surface area (Å²) < 4.78 is 9.00. The van der Waals surface area contributed by atoms with Gasteiger partial charge in [-0.3, -0.25) is 0 Å². The number of para-hydroxylation sites is 1. The van der Waals surface area contributed by atoms with Gasteiger partial charge in [0.15, 0.2) is 0 Å². The van der Waals surface area contributed by atoms with Crippen LogP contribution in [0, 0.1) is 0 Å². The SMILES string of the molecule is c1cc(-c2cccc3sc4ccccc4c23)cc(N(c2ccc(-c3cccc4ccccc34)cc2)c2ccc3c(c2)oc2ccccc23)c1. The van der Waals surface area contributed by atoms with Gasteiger partial charge in [-0.2, -0.15) is 0 Å². The second-order valence-corrected chi connectivity index (χ2v) is 13.6. The van der Waals surface area contributed by atoms with E-state index >= 15 is 0 Å². The molecule has 0 aliphatic carbocycles. The molecular formula is C46H29NOS. The highest BCUT2D eigenvalue weighted by molar-refractivity contribution is 7.25. The first-order valence-corrected chi connectivity index (χ1v) is 17.4. The van der Waals surface area contributed by atoms with Crippen LogP contribution < -0.4 is 4.90 Å². The Bertz CT molecular complexity index is 2840. The fourth-order valence-corrected chi connectivity index (χ4v) is 8.53. The molecule has 0 saturated heterocycles. The topological polar surface area (TPSA) is 16.4 Å². The van der Waals surface area contributed by atoms with Crippen molar-refractivity contribution in [2.24, 2.45) is 0 Å². The fourth-order valence-electron chi connectivity index (χ4n) is 7.40. The number of nitrogens with zero attached hydrogens (tertiary/aromatic N) is 1. The number of furan rings is 1. The molecule has 0 saturated carbocycles. The number of benzene rings is 8. The van der Waals surface area contributed by atoms with Gasteiger partial charge in [-0.15, -0.1) is 11.3 Å². The van der Waals surface area contributed by atoms with Gasteiger partial charge < -0.3 is 9.32 Å². The van der Waals surface area contributed by atoms with Crippen LogP contribution in [0.1, 0.15) is 0 Å². The quantitative estimate of drug-likeness (QED) is 0.186. The number of fused-ring (bicyclic) bond motifs is 7. The Labute approximate surface area is 287 Å². The van der Waals surface area contributed by atoms with Crippen molar-refractivity contribution in [1.82, 2.24) is 0 Å². The standard InChI is InChI=1S/C46H29NOS/c1-2-14-36-30(10-1)11-8-17-37(36)31-22-24-33(25-23-31)47(35-26-27-40-39-15-3-5-19-42(39)48-43(40)29-35)34-13-7-12-32(28-34)38-18-9-21-45-46(38)41-16-4-6-20-44(41)49-45/h1-29H. The first kappa shape index (κ1) is 27.9. The Morgan fingerprint density at radius 1 is 0.388 bits per heavy atom. The van der Waals surface area contributed by atoms with E-state index in [1.165, 1.54) is 53.2 Å². The van der Waals surface area contributed by atoms with E-state index in [1.807, 2.05) is 23.5 Å². The molecule has 3 heteroatoms. The average molecular weight is 644 g/mol. The highest BCUT2D eigenvalue weighted by Crippen LogP contribution is 2.43. The molecule has 0 aliphatic heterocycles. The Morgan fingerprint density at radius 3 is 1.96 bits per heavy atom. The Balaban J connectivity index is 1.14.